The van der Waals surface area contributed by atoms with Crippen LogP contribution in [0.15, 0.2) is 73.1 Å². The number of halogens is 1. The first-order valence-corrected chi connectivity index (χ1v) is 7.09. The SMILES string of the molecule is Clc1cc(Cc2cccnc2)ccc1Oc1ccccc1. The zero-order valence-electron chi connectivity index (χ0n) is 11.4. The van der Waals surface area contributed by atoms with E-state index in [-0.39, 0.29) is 0 Å². The monoisotopic (exact) mass is 295 g/mol. The molecule has 0 aliphatic carbocycles. The van der Waals surface area contributed by atoms with Gasteiger partial charge in [0.05, 0.1) is 5.02 Å². The molecule has 0 atom stereocenters. The van der Waals surface area contributed by atoms with Crippen molar-refractivity contribution in [1.29, 1.82) is 0 Å². The van der Waals surface area contributed by atoms with E-state index in [0.29, 0.717) is 10.8 Å². The van der Waals surface area contributed by atoms with Gasteiger partial charge in [-0.3, -0.25) is 4.98 Å². The Bertz CT molecular complexity index is 714. The van der Waals surface area contributed by atoms with E-state index in [4.69, 9.17) is 16.3 Å². The van der Waals surface area contributed by atoms with E-state index in [2.05, 4.69) is 11.1 Å². The molecule has 0 radical (unpaired) electrons. The molecule has 0 N–H and O–H groups in total. The Balaban J connectivity index is 1.77. The number of hydrogen-bond donors (Lipinski definition) is 0. The lowest BCUT2D eigenvalue weighted by atomic mass is 10.1. The van der Waals surface area contributed by atoms with Crippen LogP contribution in [0.2, 0.25) is 5.02 Å². The Labute approximate surface area is 129 Å². The second-order valence-corrected chi connectivity index (χ2v) is 5.13. The van der Waals surface area contributed by atoms with Crippen molar-refractivity contribution in [2.24, 2.45) is 0 Å². The number of aromatic nitrogens is 1. The topological polar surface area (TPSA) is 22.1 Å². The number of para-hydroxylation sites is 1. The molecule has 0 saturated carbocycles. The number of rotatable bonds is 4. The van der Waals surface area contributed by atoms with Crippen molar-refractivity contribution < 1.29 is 4.74 Å². The molecule has 0 unspecified atom stereocenters. The summed E-state index contributed by atoms with van der Waals surface area (Å²) >= 11 is 6.30. The summed E-state index contributed by atoms with van der Waals surface area (Å²) in [4.78, 5) is 4.12. The van der Waals surface area contributed by atoms with Crippen LogP contribution in [0.5, 0.6) is 11.5 Å². The van der Waals surface area contributed by atoms with Gasteiger partial charge in [-0.25, -0.2) is 0 Å². The summed E-state index contributed by atoms with van der Waals surface area (Å²) in [5.41, 5.74) is 2.29. The van der Waals surface area contributed by atoms with Crippen LogP contribution in [-0.2, 0) is 6.42 Å². The number of ether oxygens (including phenoxy) is 1. The van der Waals surface area contributed by atoms with Gasteiger partial charge >= 0.3 is 0 Å². The molecule has 104 valence electrons. The lowest BCUT2D eigenvalue weighted by Crippen LogP contribution is -1.91. The van der Waals surface area contributed by atoms with Crippen molar-refractivity contribution in [3.63, 3.8) is 0 Å². The zero-order valence-corrected chi connectivity index (χ0v) is 12.1. The van der Waals surface area contributed by atoms with E-state index in [1.807, 2.05) is 60.8 Å². The smallest absolute Gasteiger partial charge is 0.146 e. The molecule has 0 fully saturated rings. The highest BCUT2D eigenvalue weighted by atomic mass is 35.5. The molecule has 1 heterocycles. The molecule has 21 heavy (non-hydrogen) atoms. The van der Waals surface area contributed by atoms with Crippen molar-refractivity contribution in [3.8, 4) is 11.5 Å². The Morgan fingerprint density at radius 2 is 1.76 bits per heavy atom. The average molecular weight is 296 g/mol. The maximum atomic E-state index is 6.30. The highest BCUT2D eigenvalue weighted by Crippen LogP contribution is 2.30. The minimum atomic E-state index is 0.611. The average Bonchev–Trinajstić information content (AvgIpc) is 2.52. The van der Waals surface area contributed by atoms with E-state index in [0.717, 1.165) is 23.3 Å². The Kier molecular flexibility index (Phi) is 4.17. The zero-order chi connectivity index (χ0) is 14.5. The lowest BCUT2D eigenvalue weighted by Gasteiger charge is -2.09. The summed E-state index contributed by atoms with van der Waals surface area (Å²) in [7, 11) is 0. The molecule has 0 aliphatic rings. The fraction of sp³-hybridized carbons (Fsp3) is 0.0556. The third-order valence-electron chi connectivity index (χ3n) is 3.10. The van der Waals surface area contributed by atoms with Gasteiger partial charge in [0.2, 0.25) is 0 Å². The van der Waals surface area contributed by atoms with Gasteiger partial charge in [0.15, 0.2) is 0 Å². The van der Waals surface area contributed by atoms with Gasteiger partial charge < -0.3 is 4.74 Å². The number of pyridine rings is 1. The van der Waals surface area contributed by atoms with E-state index in [1.54, 1.807) is 6.20 Å². The molecule has 0 saturated heterocycles. The van der Waals surface area contributed by atoms with Gasteiger partial charge in [-0.1, -0.05) is 41.9 Å². The normalized spacial score (nSPS) is 10.3. The summed E-state index contributed by atoms with van der Waals surface area (Å²) in [5.74, 6) is 1.44. The highest BCUT2D eigenvalue weighted by molar-refractivity contribution is 6.32. The molecule has 1 aromatic heterocycles. The van der Waals surface area contributed by atoms with Gasteiger partial charge in [-0.05, 0) is 47.9 Å². The predicted octanol–water partition coefficient (Wildman–Crippen LogP) is 5.12. The third kappa shape index (κ3) is 3.61. The summed E-state index contributed by atoms with van der Waals surface area (Å²) < 4.78 is 5.77. The quantitative estimate of drug-likeness (QED) is 0.666. The second kappa shape index (κ2) is 6.42. The largest absolute Gasteiger partial charge is 0.456 e. The molecule has 0 amide bonds. The maximum absolute atomic E-state index is 6.30. The van der Waals surface area contributed by atoms with Crippen molar-refractivity contribution in [2.45, 2.75) is 6.42 Å². The van der Waals surface area contributed by atoms with E-state index in [9.17, 15) is 0 Å². The van der Waals surface area contributed by atoms with Crippen LogP contribution >= 0.6 is 11.6 Å². The van der Waals surface area contributed by atoms with Gasteiger partial charge in [0.1, 0.15) is 11.5 Å². The summed E-state index contributed by atoms with van der Waals surface area (Å²) in [5, 5.41) is 0.611. The fourth-order valence-electron chi connectivity index (χ4n) is 2.09. The Morgan fingerprint density at radius 3 is 2.48 bits per heavy atom. The van der Waals surface area contributed by atoms with Gasteiger partial charge in [0, 0.05) is 12.4 Å². The van der Waals surface area contributed by atoms with Gasteiger partial charge in [-0.2, -0.15) is 0 Å². The van der Waals surface area contributed by atoms with Crippen LogP contribution in [0.25, 0.3) is 0 Å². The van der Waals surface area contributed by atoms with Crippen LogP contribution in [0.4, 0.5) is 0 Å². The van der Waals surface area contributed by atoms with Crippen LogP contribution in [0.3, 0.4) is 0 Å². The minimum absolute atomic E-state index is 0.611. The highest BCUT2D eigenvalue weighted by Gasteiger charge is 2.05. The van der Waals surface area contributed by atoms with Crippen LogP contribution in [-0.4, -0.2) is 4.98 Å². The second-order valence-electron chi connectivity index (χ2n) is 4.72. The summed E-state index contributed by atoms with van der Waals surface area (Å²) in [6, 6.07) is 19.5. The van der Waals surface area contributed by atoms with Crippen molar-refractivity contribution in [3.05, 3.63) is 89.2 Å². The molecule has 2 aromatic carbocycles. The number of hydrogen-bond acceptors (Lipinski definition) is 2. The molecular formula is C18H14ClNO. The Morgan fingerprint density at radius 1 is 0.905 bits per heavy atom. The fourth-order valence-corrected chi connectivity index (χ4v) is 2.33. The van der Waals surface area contributed by atoms with Crippen molar-refractivity contribution in [1.82, 2.24) is 4.98 Å². The van der Waals surface area contributed by atoms with E-state index in [1.165, 1.54) is 0 Å². The van der Waals surface area contributed by atoms with Gasteiger partial charge in [-0.15, -0.1) is 0 Å². The van der Waals surface area contributed by atoms with Crippen molar-refractivity contribution in [2.75, 3.05) is 0 Å². The molecule has 3 rings (SSSR count). The molecule has 0 spiro atoms. The maximum Gasteiger partial charge on any atom is 0.146 e. The summed E-state index contributed by atoms with van der Waals surface area (Å²) in [6.07, 6.45) is 4.44. The molecule has 3 aromatic rings. The molecule has 2 nitrogen and oxygen atoms in total. The number of nitrogens with zero attached hydrogens (tertiary/aromatic N) is 1. The third-order valence-corrected chi connectivity index (χ3v) is 3.39. The Hall–Kier alpha value is -2.32. The van der Waals surface area contributed by atoms with E-state index < -0.39 is 0 Å². The predicted molar refractivity (Wildman–Crippen MR) is 85.0 cm³/mol. The first-order chi connectivity index (χ1) is 10.3. The first-order valence-electron chi connectivity index (χ1n) is 6.71. The van der Waals surface area contributed by atoms with Crippen LogP contribution < -0.4 is 4.74 Å². The molecule has 3 heteroatoms. The molecular weight excluding hydrogens is 282 g/mol. The van der Waals surface area contributed by atoms with E-state index >= 15 is 0 Å². The minimum Gasteiger partial charge on any atom is -0.456 e. The van der Waals surface area contributed by atoms with Crippen molar-refractivity contribution >= 4 is 11.6 Å². The number of benzene rings is 2. The summed E-state index contributed by atoms with van der Waals surface area (Å²) in [6.45, 7) is 0. The molecule has 0 bridgehead atoms. The standard InChI is InChI=1S/C18H14ClNO/c19-17-12-14(11-15-5-4-10-20-13-15)8-9-18(17)21-16-6-2-1-3-7-16/h1-10,12-13H,11H2. The molecule has 0 aliphatic heterocycles. The van der Waals surface area contributed by atoms with Gasteiger partial charge in [0.25, 0.3) is 0 Å². The van der Waals surface area contributed by atoms with Crippen LogP contribution in [0.1, 0.15) is 11.1 Å². The first kappa shape index (κ1) is 13.7. The lowest BCUT2D eigenvalue weighted by molar-refractivity contribution is 0.483. The van der Waals surface area contributed by atoms with Crippen LogP contribution in [0, 0.1) is 0 Å².